The number of phenolic OH excluding ortho intramolecular Hbond substituents is 1. The van der Waals surface area contributed by atoms with Crippen molar-refractivity contribution in [3.8, 4) is 5.75 Å². The SMILES string of the molecule is CN(c1cccc(Cl)c1Cl)c1c(O)ccc2ccccc12. The third-order valence-corrected chi connectivity index (χ3v) is 4.32. The van der Waals surface area contributed by atoms with E-state index in [1.807, 2.05) is 54.4 Å². The number of fused-ring (bicyclic) bond motifs is 1. The molecule has 0 spiro atoms. The Hall–Kier alpha value is -1.90. The number of benzene rings is 3. The van der Waals surface area contributed by atoms with E-state index < -0.39 is 0 Å². The summed E-state index contributed by atoms with van der Waals surface area (Å²) >= 11 is 12.4. The van der Waals surface area contributed by atoms with Crippen LogP contribution < -0.4 is 4.90 Å². The van der Waals surface area contributed by atoms with Gasteiger partial charge in [-0.3, -0.25) is 0 Å². The molecular formula is C17H13Cl2NO. The second kappa shape index (κ2) is 5.47. The predicted molar refractivity (Wildman–Crippen MR) is 90.1 cm³/mol. The average molecular weight is 318 g/mol. The van der Waals surface area contributed by atoms with E-state index >= 15 is 0 Å². The first-order valence-electron chi connectivity index (χ1n) is 6.48. The van der Waals surface area contributed by atoms with Crippen molar-refractivity contribution in [2.24, 2.45) is 0 Å². The van der Waals surface area contributed by atoms with Gasteiger partial charge < -0.3 is 10.0 Å². The number of anilines is 2. The van der Waals surface area contributed by atoms with Gasteiger partial charge in [0.1, 0.15) is 5.75 Å². The maximum Gasteiger partial charge on any atom is 0.139 e. The maximum absolute atomic E-state index is 10.3. The van der Waals surface area contributed by atoms with Crippen molar-refractivity contribution in [1.29, 1.82) is 0 Å². The second-order valence-electron chi connectivity index (χ2n) is 4.79. The number of hydrogen-bond donors (Lipinski definition) is 1. The lowest BCUT2D eigenvalue weighted by Crippen LogP contribution is -2.10. The second-order valence-corrected chi connectivity index (χ2v) is 5.57. The van der Waals surface area contributed by atoms with Crippen molar-refractivity contribution in [2.75, 3.05) is 11.9 Å². The molecule has 2 nitrogen and oxygen atoms in total. The predicted octanol–water partition coefficient (Wildman–Crippen LogP) is 5.62. The monoisotopic (exact) mass is 317 g/mol. The summed E-state index contributed by atoms with van der Waals surface area (Å²) in [4.78, 5) is 1.85. The van der Waals surface area contributed by atoms with E-state index in [-0.39, 0.29) is 5.75 Å². The fraction of sp³-hybridized carbons (Fsp3) is 0.0588. The molecular weight excluding hydrogens is 305 g/mol. The number of aromatic hydroxyl groups is 1. The molecule has 0 aromatic heterocycles. The van der Waals surface area contributed by atoms with E-state index in [2.05, 4.69) is 0 Å². The molecule has 0 unspecified atom stereocenters. The third kappa shape index (κ3) is 2.41. The summed E-state index contributed by atoms with van der Waals surface area (Å²) in [5, 5.41) is 13.2. The van der Waals surface area contributed by atoms with Crippen molar-refractivity contribution in [3.63, 3.8) is 0 Å². The molecule has 3 aromatic rings. The summed E-state index contributed by atoms with van der Waals surface area (Å²) in [6.45, 7) is 0. The van der Waals surface area contributed by atoms with Crippen LogP contribution in [0.15, 0.2) is 54.6 Å². The van der Waals surface area contributed by atoms with Crippen LogP contribution in [0.3, 0.4) is 0 Å². The van der Waals surface area contributed by atoms with Crippen LogP contribution in [0.25, 0.3) is 10.8 Å². The molecule has 0 bridgehead atoms. The molecule has 0 aliphatic heterocycles. The number of phenols is 1. The zero-order valence-electron chi connectivity index (χ0n) is 11.3. The van der Waals surface area contributed by atoms with E-state index in [1.165, 1.54) is 0 Å². The molecule has 0 heterocycles. The van der Waals surface area contributed by atoms with Crippen molar-refractivity contribution >= 4 is 45.3 Å². The number of rotatable bonds is 2. The first-order valence-corrected chi connectivity index (χ1v) is 7.23. The molecule has 1 N–H and O–H groups in total. The van der Waals surface area contributed by atoms with Gasteiger partial charge >= 0.3 is 0 Å². The lowest BCUT2D eigenvalue weighted by atomic mass is 10.1. The Morgan fingerprint density at radius 1 is 0.905 bits per heavy atom. The minimum Gasteiger partial charge on any atom is -0.506 e. The average Bonchev–Trinajstić information content (AvgIpc) is 2.49. The summed E-state index contributed by atoms with van der Waals surface area (Å²) in [7, 11) is 1.86. The largest absolute Gasteiger partial charge is 0.506 e. The molecule has 3 rings (SSSR count). The number of nitrogens with zero attached hydrogens (tertiary/aromatic N) is 1. The molecule has 0 fully saturated rings. The Bertz CT molecular complexity index is 817. The van der Waals surface area contributed by atoms with Crippen LogP contribution in [-0.4, -0.2) is 12.2 Å². The molecule has 0 radical (unpaired) electrons. The van der Waals surface area contributed by atoms with Crippen LogP contribution in [0.5, 0.6) is 5.75 Å². The van der Waals surface area contributed by atoms with E-state index in [0.29, 0.717) is 15.7 Å². The van der Waals surface area contributed by atoms with Crippen molar-refractivity contribution in [3.05, 3.63) is 64.6 Å². The molecule has 21 heavy (non-hydrogen) atoms. The highest BCUT2D eigenvalue weighted by atomic mass is 35.5. The van der Waals surface area contributed by atoms with Crippen LogP contribution in [0.4, 0.5) is 11.4 Å². The Kier molecular flexibility index (Phi) is 3.66. The van der Waals surface area contributed by atoms with Gasteiger partial charge in [-0.15, -0.1) is 0 Å². The first kappa shape index (κ1) is 14.1. The lowest BCUT2D eigenvalue weighted by molar-refractivity contribution is 0.477. The minimum atomic E-state index is 0.201. The summed E-state index contributed by atoms with van der Waals surface area (Å²) in [6.07, 6.45) is 0. The molecule has 0 aliphatic rings. The van der Waals surface area contributed by atoms with Gasteiger partial charge in [-0.05, 0) is 23.6 Å². The molecule has 0 atom stereocenters. The standard InChI is InChI=1S/C17H13Cl2NO/c1-20(14-8-4-7-13(18)16(14)19)17-12-6-3-2-5-11(12)9-10-15(17)21/h2-10,21H,1H3. The van der Waals surface area contributed by atoms with Crippen LogP contribution in [0, 0.1) is 0 Å². The van der Waals surface area contributed by atoms with E-state index in [0.717, 1.165) is 16.5 Å². The molecule has 0 amide bonds. The van der Waals surface area contributed by atoms with E-state index in [9.17, 15) is 5.11 Å². The summed E-state index contributed by atoms with van der Waals surface area (Å²) in [5.74, 6) is 0.201. The Balaban J connectivity index is 2.24. The Morgan fingerprint density at radius 3 is 2.48 bits per heavy atom. The first-order chi connectivity index (χ1) is 10.1. The van der Waals surface area contributed by atoms with Gasteiger partial charge in [0.25, 0.3) is 0 Å². The van der Waals surface area contributed by atoms with Crippen LogP contribution in [0.2, 0.25) is 10.0 Å². The highest BCUT2D eigenvalue weighted by Crippen LogP contribution is 2.42. The molecule has 3 aromatic carbocycles. The molecule has 0 aliphatic carbocycles. The summed E-state index contributed by atoms with van der Waals surface area (Å²) < 4.78 is 0. The summed E-state index contributed by atoms with van der Waals surface area (Å²) in [6, 6.07) is 16.9. The Morgan fingerprint density at radius 2 is 1.67 bits per heavy atom. The van der Waals surface area contributed by atoms with Crippen molar-refractivity contribution < 1.29 is 5.11 Å². The van der Waals surface area contributed by atoms with Crippen LogP contribution in [0.1, 0.15) is 0 Å². The molecule has 0 saturated heterocycles. The highest BCUT2D eigenvalue weighted by molar-refractivity contribution is 6.43. The molecule has 106 valence electrons. The number of halogens is 2. The van der Waals surface area contributed by atoms with Gasteiger partial charge in [0, 0.05) is 12.4 Å². The number of hydrogen-bond acceptors (Lipinski definition) is 2. The molecule has 0 saturated carbocycles. The smallest absolute Gasteiger partial charge is 0.139 e. The quantitative estimate of drug-likeness (QED) is 0.663. The summed E-state index contributed by atoms with van der Waals surface area (Å²) in [5.41, 5.74) is 1.45. The highest BCUT2D eigenvalue weighted by Gasteiger charge is 2.16. The zero-order valence-corrected chi connectivity index (χ0v) is 12.9. The minimum absolute atomic E-state index is 0.201. The van der Waals surface area contributed by atoms with Gasteiger partial charge in [0.05, 0.1) is 21.4 Å². The fourth-order valence-electron chi connectivity index (χ4n) is 2.47. The normalized spacial score (nSPS) is 10.8. The molecule has 4 heteroatoms. The third-order valence-electron chi connectivity index (χ3n) is 3.51. The van der Waals surface area contributed by atoms with Gasteiger partial charge in [-0.25, -0.2) is 0 Å². The van der Waals surface area contributed by atoms with Gasteiger partial charge in [0.15, 0.2) is 0 Å². The van der Waals surface area contributed by atoms with Crippen molar-refractivity contribution in [2.45, 2.75) is 0 Å². The van der Waals surface area contributed by atoms with Gasteiger partial charge in [-0.2, -0.15) is 0 Å². The van der Waals surface area contributed by atoms with Crippen LogP contribution in [-0.2, 0) is 0 Å². The topological polar surface area (TPSA) is 23.5 Å². The van der Waals surface area contributed by atoms with Gasteiger partial charge in [-0.1, -0.05) is 59.6 Å². The zero-order chi connectivity index (χ0) is 15.0. The van der Waals surface area contributed by atoms with Crippen molar-refractivity contribution in [1.82, 2.24) is 0 Å². The Labute approximate surface area is 133 Å². The van der Waals surface area contributed by atoms with Gasteiger partial charge in [0.2, 0.25) is 0 Å². The van der Waals surface area contributed by atoms with E-state index in [4.69, 9.17) is 23.2 Å². The lowest BCUT2D eigenvalue weighted by Gasteiger charge is -2.23. The maximum atomic E-state index is 10.3. The van der Waals surface area contributed by atoms with E-state index in [1.54, 1.807) is 12.1 Å². The fourth-order valence-corrected chi connectivity index (χ4v) is 2.89. The van der Waals surface area contributed by atoms with Crippen LogP contribution >= 0.6 is 23.2 Å².